The maximum atomic E-state index is 14.2. The Kier molecular flexibility index (Phi) is 5.37. The first kappa shape index (κ1) is 16.4. The van der Waals surface area contributed by atoms with Crippen LogP contribution in [0.2, 0.25) is 5.02 Å². The summed E-state index contributed by atoms with van der Waals surface area (Å²) < 4.78 is 15.2. The Labute approximate surface area is 142 Å². The molecule has 1 N–H and O–H groups in total. The number of halogens is 3. The number of nitrogens with zero attached hydrogens (tertiary/aromatic N) is 2. The lowest BCUT2D eigenvalue weighted by molar-refractivity contribution is 0.630. The van der Waals surface area contributed by atoms with Gasteiger partial charge < -0.3 is 5.32 Å². The van der Waals surface area contributed by atoms with Crippen LogP contribution in [0.4, 0.5) is 10.2 Å². The zero-order valence-electron chi connectivity index (χ0n) is 12.0. The molecule has 0 amide bonds. The lowest BCUT2D eigenvalue weighted by atomic mass is 10.1. The molecule has 6 heteroatoms. The van der Waals surface area contributed by atoms with Gasteiger partial charge in [-0.3, -0.25) is 0 Å². The van der Waals surface area contributed by atoms with Crippen LogP contribution in [0.15, 0.2) is 18.2 Å². The van der Waals surface area contributed by atoms with E-state index in [4.69, 9.17) is 11.6 Å². The van der Waals surface area contributed by atoms with Crippen molar-refractivity contribution in [2.75, 3.05) is 11.9 Å². The number of aromatic nitrogens is 2. The molecule has 0 bridgehead atoms. The largest absolute Gasteiger partial charge is 0.369 e. The summed E-state index contributed by atoms with van der Waals surface area (Å²) in [6, 6.07) is 4.86. The van der Waals surface area contributed by atoms with Gasteiger partial charge in [0.25, 0.3) is 0 Å². The number of anilines is 1. The summed E-state index contributed by atoms with van der Waals surface area (Å²) in [6.45, 7) is 6.84. The predicted octanol–water partition coefficient (Wildman–Crippen LogP) is 5.10. The molecule has 0 atom stereocenters. The minimum atomic E-state index is -0.488. The van der Waals surface area contributed by atoms with Gasteiger partial charge in [0.2, 0.25) is 0 Å². The van der Waals surface area contributed by atoms with Gasteiger partial charge in [0.15, 0.2) is 11.6 Å². The zero-order valence-corrected chi connectivity index (χ0v) is 15.0. The average Bonchev–Trinajstić information content (AvgIpc) is 2.44. The van der Waals surface area contributed by atoms with Crippen LogP contribution in [0.1, 0.15) is 32.4 Å². The van der Waals surface area contributed by atoms with Crippen molar-refractivity contribution in [1.29, 1.82) is 0 Å². The van der Waals surface area contributed by atoms with Crippen molar-refractivity contribution >= 4 is 40.0 Å². The number of benzene rings is 1. The third-order valence-corrected chi connectivity index (χ3v) is 4.32. The summed E-state index contributed by atoms with van der Waals surface area (Å²) in [5.41, 5.74) is 1.22. The minimum Gasteiger partial charge on any atom is -0.369 e. The average molecular weight is 420 g/mol. The van der Waals surface area contributed by atoms with Gasteiger partial charge in [-0.25, -0.2) is 14.4 Å². The van der Waals surface area contributed by atoms with E-state index in [1.165, 1.54) is 6.07 Å². The molecule has 0 aliphatic carbocycles. The Bertz CT molecular complexity index is 662. The van der Waals surface area contributed by atoms with Crippen molar-refractivity contribution in [3.63, 3.8) is 0 Å². The Hall–Kier alpha value is -0.950. The summed E-state index contributed by atoms with van der Waals surface area (Å²) in [4.78, 5) is 8.98. The molecule has 0 radical (unpaired) electrons. The highest BCUT2D eigenvalue weighted by Gasteiger charge is 2.18. The summed E-state index contributed by atoms with van der Waals surface area (Å²) in [5, 5.41) is 3.28. The van der Waals surface area contributed by atoms with Crippen LogP contribution in [-0.4, -0.2) is 16.5 Å². The molecule has 112 valence electrons. The molecule has 3 nitrogen and oxygen atoms in total. The molecule has 0 aliphatic rings. The van der Waals surface area contributed by atoms with Crippen LogP contribution in [-0.2, 0) is 0 Å². The van der Waals surface area contributed by atoms with E-state index < -0.39 is 5.82 Å². The van der Waals surface area contributed by atoms with Crippen molar-refractivity contribution in [1.82, 2.24) is 9.97 Å². The van der Waals surface area contributed by atoms with E-state index in [-0.39, 0.29) is 10.9 Å². The Morgan fingerprint density at radius 3 is 2.67 bits per heavy atom. The molecule has 2 rings (SSSR count). The highest BCUT2D eigenvalue weighted by molar-refractivity contribution is 14.1. The molecule has 0 saturated carbocycles. The van der Waals surface area contributed by atoms with Crippen molar-refractivity contribution < 1.29 is 4.39 Å². The Morgan fingerprint density at radius 1 is 1.33 bits per heavy atom. The second kappa shape index (κ2) is 6.87. The van der Waals surface area contributed by atoms with Gasteiger partial charge in [-0.2, -0.15) is 0 Å². The van der Waals surface area contributed by atoms with Gasteiger partial charge in [0.05, 0.1) is 19.9 Å². The fourth-order valence-electron chi connectivity index (χ4n) is 1.93. The monoisotopic (exact) mass is 419 g/mol. The van der Waals surface area contributed by atoms with Crippen LogP contribution in [0.3, 0.4) is 0 Å². The smallest absolute Gasteiger partial charge is 0.164 e. The second-order valence-corrected chi connectivity index (χ2v) is 6.37. The lowest BCUT2D eigenvalue weighted by Crippen LogP contribution is -2.09. The van der Waals surface area contributed by atoms with Gasteiger partial charge in [-0.05, 0) is 47.6 Å². The highest BCUT2D eigenvalue weighted by atomic mass is 127. The molecular weight excluding hydrogens is 404 g/mol. The number of rotatable bonds is 4. The molecule has 0 saturated heterocycles. The van der Waals surface area contributed by atoms with Crippen LogP contribution < -0.4 is 5.32 Å². The summed E-state index contributed by atoms with van der Waals surface area (Å²) in [5.74, 6) is 0.817. The topological polar surface area (TPSA) is 37.8 Å². The van der Waals surface area contributed by atoms with Gasteiger partial charge in [-0.1, -0.05) is 31.5 Å². The SMILES string of the molecule is CCNc1nc(-c2cccc(Cl)c2F)nc(C(C)C)c1I. The van der Waals surface area contributed by atoms with E-state index in [0.29, 0.717) is 11.4 Å². The summed E-state index contributed by atoms with van der Waals surface area (Å²) in [6.07, 6.45) is 0. The van der Waals surface area contributed by atoms with E-state index in [1.807, 2.05) is 6.92 Å². The second-order valence-electron chi connectivity index (χ2n) is 4.88. The van der Waals surface area contributed by atoms with Crippen LogP contribution in [0.25, 0.3) is 11.4 Å². The zero-order chi connectivity index (χ0) is 15.6. The normalized spacial score (nSPS) is 11.0. The third-order valence-electron chi connectivity index (χ3n) is 2.96. The van der Waals surface area contributed by atoms with Crippen molar-refractivity contribution in [3.8, 4) is 11.4 Å². The first-order valence-electron chi connectivity index (χ1n) is 6.71. The van der Waals surface area contributed by atoms with Gasteiger partial charge in [0.1, 0.15) is 5.82 Å². The van der Waals surface area contributed by atoms with E-state index in [1.54, 1.807) is 12.1 Å². The summed E-state index contributed by atoms with van der Waals surface area (Å²) in [7, 11) is 0. The Morgan fingerprint density at radius 2 is 2.05 bits per heavy atom. The molecule has 0 aliphatic heterocycles. The molecule has 1 aromatic heterocycles. The number of hydrogen-bond acceptors (Lipinski definition) is 3. The molecule has 2 aromatic rings. The molecule has 0 spiro atoms. The van der Waals surface area contributed by atoms with Gasteiger partial charge in [0, 0.05) is 6.54 Å². The van der Waals surface area contributed by atoms with Crippen LogP contribution in [0, 0.1) is 9.39 Å². The highest BCUT2D eigenvalue weighted by Crippen LogP contribution is 2.31. The standard InChI is InChI=1S/C15H16ClFIN3/c1-4-19-15-12(18)13(8(2)3)20-14(21-15)9-6-5-7-10(16)11(9)17/h5-8H,4H2,1-3H3,(H,19,20,21). The first-order valence-corrected chi connectivity index (χ1v) is 8.17. The predicted molar refractivity (Wildman–Crippen MR) is 93.4 cm³/mol. The minimum absolute atomic E-state index is 0.0748. The van der Waals surface area contributed by atoms with Gasteiger partial charge in [-0.15, -0.1) is 0 Å². The molecule has 0 unspecified atom stereocenters. The van der Waals surface area contributed by atoms with Crippen LogP contribution in [0.5, 0.6) is 0 Å². The van der Waals surface area contributed by atoms with E-state index in [0.717, 1.165) is 21.6 Å². The van der Waals surface area contributed by atoms with Crippen molar-refractivity contribution in [2.24, 2.45) is 0 Å². The van der Waals surface area contributed by atoms with Gasteiger partial charge >= 0.3 is 0 Å². The van der Waals surface area contributed by atoms with Crippen molar-refractivity contribution in [2.45, 2.75) is 26.7 Å². The molecule has 21 heavy (non-hydrogen) atoms. The van der Waals surface area contributed by atoms with Crippen LogP contribution >= 0.6 is 34.2 Å². The molecular formula is C15H16ClFIN3. The van der Waals surface area contributed by atoms with Crippen molar-refractivity contribution in [3.05, 3.63) is 38.3 Å². The number of nitrogens with one attached hydrogen (secondary N) is 1. The number of hydrogen-bond donors (Lipinski definition) is 1. The molecule has 0 fully saturated rings. The fraction of sp³-hybridized carbons (Fsp3) is 0.333. The molecule has 1 aromatic carbocycles. The van der Waals surface area contributed by atoms with E-state index in [2.05, 4.69) is 51.7 Å². The summed E-state index contributed by atoms with van der Waals surface area (Å²) >= 11 is 8.07. The fourth-order valence-corrected chi connectivity index (χ4v) is 3.16. The lowest BCUT2D eigenvalue weighted by Gasteiger charge is -2.14. The third kappa shape index (κ3) is 3.45. The molecule has 1 heterocycles. The first-order chi connectivity index (χ1) is 9.95. The quantitative estimate of drug-likeness (QED) is 0.701. The van der Waals surface area contributed by atoms with E-state index in [9.17, 15) is 4.39 Å². The maximum Gasteiger partial charge on any atom is 0.164 e. The maximum absolute atomic E-state index is 14.2. The van der Waals surface area contributed by atoms with E-state index >= 15 is 0 Å². The Balaban J connectivity index is 2.66.